The Morgan fingerprint density at radius 1 is 0.786 bits per heavy atom. The van der Waals surface area contributed by atoms with Crippen molar-refractivity contribution >= 4 is 0 Å². The van der Waals surface area contributed by atoms with Crippen LogP contribution in [0.15, 0.2) is 0 Å². The van der Waals surface area contributed by atoms with Crippen LogP contribution < -0.4 is 0 Å². The van der Waals surface area contributed by atoms with Gasteiger partial charge in [0, 0.05) is 0 Å². The highest BCUT2D eigenvalue weighted by Gasteiger charge is 2.50. The fraction of sp³-hybridized carbons (Fsp3) is 1.00. The van der Waals surface area contributed by atoms with Crippen molar-refractivity contribution in [2.75, 3.05) is 0 Å². The van der Waals surface area contributed by atoms with Gasteiger partial charge in [-0.3, -0.25) is 0 Å². The van der Waals surface area contributed by atoms with E-state index < -0.39 is 0 Å². The molecule has 0 amide bonds. The van der Waals surface area contributed by atoms with Crippen molar-refractivity contribution in [3.63, 3.8) is 0 Å². The Bertz CT molecular complexity index is 155. The van der Waals surface area contributed by atoms with Gasteiger partial charge in [-0.25, -0.2) is 0 Å². The SMILES string of the molecule is C.CC.CC1CC2C3CCC(C3)C2C1. The predicted octanol–water partition coefficient (Wildman–Crippen LogP) is 4.74. The predicted molar refractivity (Wildman–Crippen MR) is 64.3 cm³/mol. The molecular formula is C14H28. The van der Waals surface area contributed by atoms with Crippen molar-refractivity contribution in [1.82, 2.24) is 0 Å². The third-order valence-electron chi connectivity index (χ3n) is 4.62. The molecule has 0 heterocycles. The summed E-state index contributed by atoms with van der Waals surface area (Å²) in [6, 6.07) is 0. The van der Waals surface area contributed by atoms with E-state index >= 15 is 0 Å². The van der Waals surface area contributed by atoms with Gasteiger partial charge < -0.3 is 0 Å². The van der Waals surface area contributed by atoms with E-state index in [4.69, 9.17) is 0 Å². The highest BCUT2D eigenvalue weighted by atomic mass is 14.6. The van der Waals surface area contributed by atoms with E-state index in [1.54, 1.807) is 32.1 Å². The first kappa shape index (κ1) is 12.1. The molecule has 3 saturated carbocycles. The van der Waals surface area contributed by atoms with Crippen molar-refractivity contribution in [3.05, 3.63) is 0 Å². The van der Waals surface area contributed by atoms with Crippen molar-refractivity contribution in [3.8, 4) is 0 Å². The zero-order valence-electron chi connectivity index (χ0n) is 9.42. The number of hydrogen-bond acceptors (Lipinski definition) is 0. The molecular weight excluding hydrogens is 168 g/mol. The molecule has 3 fully saturated rings. The number of hydrogen-bond donors (Lipinski definition) is 0. The molecule has 4 unspecified atom stereocenters. The summed E-state index contributed by atoms with van der Waals surface area (Å²) in [6.45, 7) is 6.46. The summed E-state index contributed by atoms with van der Waals surface area (Å²) in [6.07, 6.45) is 7.93. The van der Waals surface area contributed by atoms with E-state index in [1.165, 1.54) is 23.7 Å². The Kier molecular flexibility index (Phi) is 4.04. The lowest BCUT2D eigenvalue weighted by molar-refractivity contribution is 0.259. The molecule has 0 N–H and O–H groups in total. The number of rotatable bonds is 0. The summed E-state index contributed by atoms with van der Waals surface area (Å²) < 4.78 is 0. The van der Waals surface area contributed by atoms with Gasteiger partial charge in [0.15, 0.2) is 0 Å². The van der Waals surface area contributed by atoms with Crippen LogP contribution in [0.5, 0.6) is 0 Å². The summed E-state index contributed by atoms with van der Waals surface area (Å²) in [7, 11) is 0. The van der Waals surface area contributed by atoms with Crippen LogP contribution in [0.2, 0.25) is 0 Å². The second-order valence-corrected chi connectivity index (χ2v) is 5.24. The van der Waals surface area contributed by atoms with E-state index in [9.17, 15) is 0 Å². The van der Waals surface area contributed by atoms with Gasteiger partial charge in [-0.2, -0.15) is 0 Å². The molecule has 2 bridgehead atoms. The molecule has 0 aromatic carbocycles. The third kappa shape index (κ3) is 1.73. The minimum Gasteiger partial charge on any atom is -0.0776 e. The van der Waals surface area contributed by atoms with Crippen LogP contribution in [0.3, 0.4) is 0 Å². The highest BCUT2D eigenvalue weighted by molar-refractivity contribution is 5.00. The van der Waals surface area contributed by atoms with Crippen molar-refractivity contribution < 1.29 is 0 Å². The van der Waals surface area contributed by atoms with Gasteiger partial charge in [-0.05, 0) is 61.7 Å². The fourth-order valence-electron chi connectivity index (χ4n) is 4.29. The second kappa shape index (κ2) is 4.68. The maximum atomic E-state index is 2.46. The van der Waals surface area contributed by atoms with Crippen LogP contribution >= 0.6 is 0 Å². The van der Waals surface area contributed by atoms with E-state index in [0.29, 0.717) is 0 Å². The minimum atomic E-state index is 0. The molecule has 0 saturated heterocycles. The minimum absolute atomic E-state index is 0. The van der Waals surface area contributed by atoms with Crippen LogP contribution in [-0.2, 0) is 0 Å². The average molecular weight is 196 g/mol. The second-order valence-electron chi connectivity index (χ2n) is 5.24. The molecule has 0 aliphatic heterocycles. The van der Waals surface area contributed by atoms with Crippen LogP contribution in [-0.4, -0.2) is 0 Å². The molecule has 84 valence electrons. The zero-order valence-corrected chi connectivity index (χ0v) is 9.42. The molecule has 3 aliphatic rings. The summed E-state index contributed by atoms with van der Waals surface area (Å²) in [5, 5.41) is 0. The third-order valence-corrected chi connectivity index (χ3v) is 4.62. The summed E-state index contributed by atoms with van der Waals surface area (Å²) in [5.41, 5.74) is 0. The van der Waals surface area contributed by atoms with E-state index in [1.807, 2.05) is 13.8 Å². The fourth-order valence-corrected chi connectivity index (χ4v) is 4.29. The van der Waals surface area contributed by atoms with Gasteiger partial charge >= 0.3 is 0 Å². The van der Waals surface area contributed by atoms with Gasteiger partial charge in [-0.15, -0.1) is 0 Å². The lowest BCUT2D eigenvalue weighted by Crippen LogP contribution is -2.15. The van der Waals surface area contributed by atoms with Gasteiger partial charge in [0.25, 0.3) is 0 Å². The van der Waals surface area contributed by atoms with Gasteiger partial charge in [0.1, 0.15) is 0 Å². The quantitative estimate of drug-likeness (QED) is 0.525. The lowest BCUT2D eigenvalue weighted by Gasteiger charge is -2.23. The summed E-state index contributed by atoms with van der Waals surface area (Å²) in [5.74, 6) is 5.78. The Morgan fingerprint density at radius 3 is 1.64 bits per heavy atom. The van der Waals surface area contributed by atoms with Gasteiger partial charge in [0.2, 0.25) is 0 Å². The van der Waals surface area contributed by atoms with E-state index in [2.05, 4.69) is 6.92 Å². The van der Waals surface area contributed by atoms with Crippen LogP contribution in [0.4, 0.5) is 0 Å². The average Bonchev–Trinajstić information content (AvgIpc) is 2.77. The molecule has 0 heteroatoms. The molecule has 0 spiro atoms. The van der Waals surface area contributed by atoms with Crippen LogP contribution in [0.1, 0.15) is 60.3 Å². The smallest absolute Gasteiger partial charge is 0.0352 e. The van der Waals surface area contributed by atoms with Crippen molar-refractivity contribution in [1.29, 1.82) is 0 Å². The molecule has 0 radical (unpaired) electrons. The Morgan fingerprint density at radius 2 is 1.21 bits per heavy atom. The molecule has 14 heavy (non-hydrogen) atoms. The molecule has 4 atom stereocenters. The topological polar surface area (TPSA) is 0 Å². The normalized spacial score (nSPS) is 47.8. The Hall–Kier alpha value is 0. The van der Waals surface area contributed by atoms with Crippen molar-refractivity contribution in [2.45, 2.75) is 60.3 Å². The van der Waals surface area contributed by atoms with E-state index in [0.717, 1.165) is 5.92 Å². The molecule has 3 aliphatic carbocycles. The first-order valence-corrected chi connectivity index (χ1v) is 6.34. The Labute approximate surface area is 90.5 Å². The Balaban J connectivity index is 0.000000309. The first-order chi connectivity index (χ1) is 6.34. The molecule has 0 aromatic heterocycles. The summed E-state index contributed by atoms with van der Waals surface area (Å²) >= 11 is 0. The lowest BCUT2D eigenvalue weighted by atomic mass is 9.82. The maximum Gasteiger partial charge on any atom is -0.0352 e. The van der Waals surface area contributed by atoms with Gasteiger partial charge in [0.05, 0.1) is 0 Å². The largest absolute Gasteiger partial charge is 0.0776 e. The van der Waals surface area contributed by atoms with Crippen LogP contribution in [0, 0.1) is 29.6 Å². The molecule has 3 rings (SSSR count). The maximum absolute atomic E-state index is 2.46. The highest BCUT2D eigenvalue weighted by Crippen LogP contribution is 2.59. The van der Waals surface area contributed by atoms with Crippen LogP contribution in [0.25, 0.3) is 0 Å². The zero-order chi connectivity index (χ0) is 9.42. The first-order valence-electron chi connectivity index (χ1n) is 6.34. The molecule has 0 nitrogen and oxygen atoms in total. The summed E-state index contributed by atoms with van der Waals surface area (Å²) in [4.78, 5) is 0. The monoisotopic (exact) mass is 196 g/mol. The van der Waals surface area contributed by atoms with E-state index in [-0.39, 0.29) is 7.43 Å². The standard InChI is InChI=1S/C11H18.C2H6.CH4/c1-7-4-10-8-2-3-9(6-8)11(10)5-7;1-2;/h7-11H,2-6H2,1H3;1-2H3;1H4. The van der Waals surface area contributed by atoms with Gasteiger partial charge in [-0.1, -0.05) is 28.2 Å². The number of fused-ring (bicyclic) bond motifs is 5. The van der Waals surface area contributed by atoms with Crippen molar-refractivity contribution in [2.24, 2.45) is 29.6 Å². The molecule has 0 aromatic rings.